The number of aromatic nitrogens is 2. The summed E-state index contributed by atoms with van der Waals surface area (Å²) in [7, 11) is 0. The van der Waals surface area contributed by atoms with Gasteiger partial charge in [0.2, 0.25) is 0 Å². The molecule has 0 saturated heterocycles. The average Bonchev–Trinajstić information content (AvgIpc) is 2.77. The lowest BCUT2D eigenvalue weighted by atomic mass is 10.1. The van der Waals surface area contributed by atoms with Gasteiger partial charge in [-0.05, 0) is 6.07 Å². The van der Waals surface area contributed by atoms with E-state index in [0.717, 1.165) is 17.8 Å². The van der Waals surface area contributed by atoms with Crippen molar-refractivity contribution < 1.29 is 4.79 Å². The monoisotopic (exact) mass is 281 g/mol. The summed E-state index contributed by atoms with van der Waals surface area (Å²) in [5.41, 5.74) is 2.38. The largest absolute Gasteiger partial charge is 0.352 e. The summed E-state index contributed by atoms with van der Waals surface area (Å²) < 4.78 is 1.89. The highest BCUT2D eigenvalue weighted by atomic mass is 35.5. The molecule has 0 saturated carbocycles. The van der Waals surface area contributed by atoms with E-state index in [4.69, 9.17) is 23.2 Å². The lowest BCUT2D eigenvalue weighted by molar-refractivity contribution is 0.0945. The molecule has 0 fully saturated rings. The van der Waals surface area contributed by atoms with Gasteiger partial charge in [-0.15, -0.1) is 0 Å². The first-order chi connectivity index (χ1) is 8.66. The molecular formula is C12H9Cl2N3O. The van der Waals surface area contributed by atoms with Gasteiger partial charge >= 0.3 is 0 Å². The lowest BCUT2D eigenvalue weighted by Gasteiger charge is -2.17. The SMILES string of the molecule is O=C1NCCc2c1ccn2-c1cc(Cl)ncc1Cl. The van der Waals surface area contributed by atoms with Crippen LogP contribution in [-0.4, -0.2) is 22.0 Å². The molecule has 0 unspecified atom stereocenters. The topological polar surface area (TPSA) is 46.9 Å². The van der Waals surface area contributed by atoms with Crippen molar-refractivity contribution in [2.75, 3.05) is 6.54 Å². The zero-order valence-corrected chi connectivity index (χ0v) is 10.8. The van der Waals surface area contributed by atoms with E-state index in [-0.39, 0.29) is 5.91 Å². The van der Waals surface area contributed by atoms with Crippen molar-refractivity contribution >= 4 is 29.1 Å². The number of amides is 1. The maximum Gasteiger partial charge on any atom is 0.253 e. The number of hydrogen-bond donors (Lipinski definition) is 1. The normalized spacial score (nSPS) is 14.2. The van der Waals surface area contributed by atoms with Crippen molar-refractivity contribution in [2.45, 2.75) is 6.42 Å². The first-order valence-electron chi connectivity index (χ1n) is 5.46. The summed E-state index contributed by atoms with van der Waals surface area (Å²) in [5, 5.41) is 3.68. The number of halogens is 2. The van der Waals surface area contributed by atoms with Gasteiger partial charge in [0.25, 0.3) is 5.91 Å². The highest BCUT2D eigenvalue weighted by molar-refractivity contribution is 6.33. The van der Waals surface area contributed by atoms with Crippen molar-refractivity contribution in [2.24, 2.45) is 0 Å². The molecular weight excluding hydrogens is 273 g/mol. The van der Waals surface area contributed by atoms with E-state index in [0.29, 0.717) is 22.3 Å². The Bertz CT molecular complexity index is 636. The van der Waals surface area contributed by atoms with Gasteiger partial charge in [0.15, 0.2) is 0 Å². The summed E-state index contributed by atoms with van der Waals surface area (Å²) in [6, 6.07) is 3.48. The number of pyridine rings is 1. The summed E-state index contributed by atoms with van der Waals surface area (Å²) in [5.74, 6) is -0.0497. The molecule has 92 valence electrons. The Morgan fingerprint density at radius 1 is 1.39 bits per heavy atom. The van der Waals surface area contributed by atoms with Crippen molar-refractivity contribution in [3.63, 3.8) is 0 Å². The maximum absolute atomic E-state index is 11.7. The molecule has 2 aromatic rings. The Labute approximate surface area is 114 Å². The predicted octanol–water partition coefficient (Wildman–Crippen LogP) is 2.47. The van der Waals surface area contributed by atoms with Crippen LogP contribution < -0.4 is 5.32 Å². The number of fused-ring (bicyclic) bond motifs is 1. The molecule has 0 spiro atoms. The van der Waals surface area contributed by atoms with Crippen molar-refractivity contribution in [1.29, 1.82) is 0 Å². The Hall–Kier alpha value is -1.52. The molecule has 3 heterocycles. The highest BCUT2D eigenvalue weighted by Gasteiger charge is 2.21. The van der Waals surface area contributed by atoms with Crippen molar-refractivity contribution in [3.05, 3.63) is 46.0 Å². The first kappa shape index (κ1) is 11.6. The van der Waals surface area contributed by atoms with E-state index >= 15 is 0 Å². The summed E-state index contributed by atoms with van der Waals surface area (Å²) in [4.78, 5) is 15.6. The summed E-state index contributed by atoms with van der Waals surface area (Å²) in [6.45, 7) is 0.631. The minimum atomic E-state index is -0.0497. The molecule has 0 aliphatic carbocycles. The van der Waals surface area contributed by atoms with E-state index in [2.05, 4.69) is 10.3 Å². The molecule has 1 aliphatic rings. The average molecular weight is 282 g/mol. The molecule has 0 aromatic carbocycles. The van der Waals surface area contributed by atoms with Crippen LogP contribution in [0.4, 0.5) is 0 Å². The van der Waals surface area contributed by atoms with Crippen LogP contribution in [0.3, 0.4) is 0 Å². The lowest BCUT2D eigenvalue weighted by Crippen LogP contribution is -2.32. The second-order valence-corrected chi connectivity index (χ2v) is 4.80. The number of carbonyl (C=O) groups is 1. The molecule has 3 rings (SSSR count). The Morgan fingerprint density at radius 3 is 3.06 bits per heavy atom. The number of carbonyl (C=O) groups excluding carboxylic acids is 1. The van der Waals surface area contributed by atoms with Gasteiger partial charge in [0.1, 0.15) is 5.15 Å². The first-order valence-corrected chi connectivity index (χ1v) is 6.22. The maximum atomic E-state index is 11.7. The minimum Gasteiger partial charge on any atom is -0.352 e. The van der Waals surface area contributed by atoms with Crippen LogP contribution in [0.15, 0.2) is 24.5 Å². The molecule has 6 heteroatoms. The standard InChI is InChI=1S/C12H9Cl2N3O/c13-8-6-16-11(14)5-10(8)17-4-2-7-9(17)1-3-15-12(7)18/h2,4-6H,1,3H2,(H,15,18). The Kier molecular flexibility index (Phi) is 2.76. The minimum absolute atomic E-state index is 0.0497. The number of nitrogens with one attached hydrogen (secondary N) is 1. The van der Waals surface area contributed by atoms with Crippen LogP contribution in [-0.2, 0) is 6.42 Å². The molecule has 1 amide bonds. The van der Waals surface area contributed by atoms with E-state index in [1.807, 2.05) is 10.8 Å². The number of rotatable bonds is 1. The smallest absolute Gasteiger partial charge is 0.253 e. The van der Waals surface area contributed by atoms with Crippen molar-refractivity contribution in [3.8, 4) is 5.69 Å². The third-order valence-electron chi connectivity index (χ3n) is 2.95. The second kappa shape index (κ2) is 4.30. The van der Waals surface area contributed by atoms with Crippen LogP contribution in [0, 0.1) is 0 Å². The molecule has 2 aromatic heterocycles. The van der Waals surface area contributed by atoms with Gasteiger partial charge in [0.05, 0.1) is 16.3 Å². The third kappa shape index (κ3) is 1.78. The van der Waals surface area contributed by atoms with Crippen LogP contribution in [0.2, 0.25) is 10.2 Å². The second-order valence-electron chi connectivity index (χ2n) is 4.01. The van der Waals surface area contributed by atoms with Crippen LogP contribution in [0.1, 0.15) is 16.1 Å². The zero-order valence-electron chi connectivity index (χ0n) is 9.28. The molecule has 0 radical (unpaired) electrons. The van der Waals surface area contributed by atoms with Crippen molar-refractivity contribution in [1.82, 2.24) is 14.9 Å². The predicted molar refractivity (Wildman–Crippen MR) is 69.6 cm³/mol. The van der Waals surface area contributed by atoms with E-state index < -0.39 is 0 Å². The van der Waals surface area contributed by atoms with Gasteiger partial charge in [-0.2, -0.15) is 0 Å². The third-order valence-corrected chi connectivity index (χ3v) is 3.44. The zero-order chi connectivity index (χ0) is 12.7. The molecule has 1 N–H and O–H groups in total. The molecule has 18 heavy (non-hydrogen) atoms. The van der Waals surface area contributed by atoms with Crippen LogP contribution in [0.5, 0.6) is 0 Å². The van der Waals surface area contributed by atoms with E-state index in [1.54, 1.807) is 12.1 Å². The summed E-state index contributed by atoms with van der Waals surface area (Å²) >= 11 is 12.0. The van der Waals surface area contributed by atoms with E-state index in [9.17, 15) is 4.79 Å². The van der Waals surface area contributed by atoms with Gasteiger partial charge in [0, 0.05) is 37.1 Å². The van der Waals surface area contributed by atoms with Gasteiger partial charge < -0.3 is 9.88 Å². The fraction of sp³-hybridized carbons (Fsp3) is 0.167. The van der Waals surface area contributed by atoms with Crippen LogP contribution >= 0.6 is 23.2 Å². The Balaban J connectivity index is 2.18. The van der Waals surface area contributed by atoms with Gasteiger partial charge in [-0.25, -0.2) is 4.98 Å². The van der Waals surface area contributed by atoms with Gasteiger partial charge in [-0.1, -0.05) is 23.2 Å². The fourth-order valence-corrected chi connectivity index (χ4v) is 2.48. The summed E-state index contributed by atoms with van der Waals surface area (Å²) in [6.07, 6.45) is 4.10. The number of hydrogen-bond acceptors (Lipinski definition) is 2. The van der Waals surface area contributed by atoms with Gasteiger partial charge in [-0.3, -0.25) is 4.79 Å². The number of nitrogens with zero attached hydrogens (tertiary/aromatic N) is 2. The molecule has 4 nitrogen and oxygen atoms in total. The quantitative estimate of drug-likeness (QED) is 0.817. The molecule has 0 atom stereocenters. The fourth-order valence-electron chi connectivity index (χ4n) is 2.13. The highest BCUT2D eigenvalue weighted by Crippen LogP contribution is 2.26. The van der Waals surface area contributed by atoms with Crippen LogP contribution in [0.25, 0.3) is 5.69 Å². The molecule has 1 aliphatic heterocycles. The molecule has 0 bridgehead atoms. The Morgan fingerprint density at radius 2 is 2.22 bits per heavy atom. The van der Waals surface area contributed by atoms with E-state index in [1.165, 1.54) is 6.20 Å².